The predicted octanol–water partition coefficient (Wildman–Crippen LogP) is -0.426. The Bertz CT molecular complexity index is 658. The molecular formula is C15H28N2O5S2. The molecule has 2 heterocycles. The van der Waals surface area contributed by atoms with Crippen LogP contribution in [0.4, 0.5) is 0 Å². The zero-order valence-electron chi connectivity index (χ0n) is 14.9. The van der Waals surface area contributed by atoms with Gasteiger partial charge >= 0.3 is 0 Å². The van der Waals surface area contributed by atoms with Crippen molar-refractivity contribution < 1.29 is 21.6 Å². The molecule has 2 saturated heterocycles. The highest BCUT2D eigenvalue weighted by Gasteiger charge is 2.43. The topological polar surface area (TPSA) is 91.8 Å². The molecule has 0 radical (unpaired) electrons. The van der Waals surface area contributed by atoms with Gasteiger partial charge in [0.15, 0.2) is 25.5 Å². The molecule has 0 aromatic carbocycles. The Balaban J connectivity index is 1.94. The average Bonchev–Trinajstić information content (AvgIpc) is 2.87. The number of ketones is 1. The molecule has 0 N–H and O–H groups in total. The van der Waals surface area contributed by atoms with Crippen LogP contribution < -0.4 is 0 Å². The first-order chi connectivity index (χ1) is 10.8. The van der Waals surface area contributed by atoms with Gasteiger partial charge in [0.05, 0.1) is 36.1 Å². The van der Waals surface area contributed by atoms with Crippen molar-refractivity contribution in [3.63, 3.8) is 0 Å². The molecule has 140 valence electrons. The van der Waals surface area contributed by atoms with Crippen LogP contribution in [0.5, 0.6) is 0 Å². The fraction of sp³-hybridized carbons (Fsp3) is 0.933. The summed E-state index contributed by atoms with van der Waals surface area (Å²) in [6.07, 6.45) is 1.07. The highest BCUT2D eigenvalue weighted by Crippen LogP contribution is 2.29. The number of sulfone groups is 2. The molecule has 9 heteroatoms. The molecule has 0 bridgehead atoms. The normalized spacial score (nSPS) is 34.9. The Labute approximate surface area is 145 Å². The summed E-state index contributed by atoms with van der Waals surface area (Å²) in [6, 6.07) is 0. The molecule has 7 nitrogen and oxygen atoms in total. The molecule has 0 aromatic heterocycles. The molecule has 2 atom stereocenters. The van der Waals surface area contributed by atoms with Gasteiger partial charge in [-0.1, -0.05) is 0 Å². The van der Waals surface area contributed by atoms with Crippen LogP contribution in [0.1, 0.15) is 26.7 Å². The van der Waals surface area contributed by atoms with Gasteiger partial charge in [0.25, 0.3) is 0 Å². The van der Waals surface area contributed by atoms with Crippen molar-refractivity contribution in [2.45, 2.75) is 37.8 Å². The van der Waals surface area contributed by atoms with Gasteiger partial charge < -0.3 is 0 Å². The maximum absolute atomic E-state index is 12.4. The van der Waals surface area contributed by atoms with Crippen molar-refractivity contribution in [1.29, 1.82) is 0 Å². The first-order valence-electron chi connectivity index (χ1n) is 8.12. The minimum absolute atomic E-state index is 0.0314. The largest absolute Gasteiger partial charge is 0.297 e. The van der Waals surface area contributed by atoms with Crippen molar-refractivity contribution >= 4 is 25.5 Å². The molecule has 0 spiro atoms. The third kappa shape index (κ3) is 4.36. The van der Waals surface area contributed by atoms with Crippen molar-refractivity contribution in [3.8, 4) is 0 Å². The summed E-state index contributed by atoms with van der Waals surface area (Å²) in [6.45, 7) is 4.08. The number of carbonyl (C=O) groups excluding carboxylic acids is 1. The van der Waals surface area contributed by atoms with Crippen LogP contribution >= 0.6 is 0 Å². The Morgan fingerprint density at radius 1 is 0.833 bits per heavy atom. The second-order valence-corrected chi connectivity index (χ2v) is 12.3. The molecule has 2 aliphatic heterocycles. The van der Waals surface area contributed by atoms with Crippen LogP contribution in [0.2, 0.25) is 0 Å². The highest BCUT2D eigenvalue weighted by molar-refractivity contribution is 7.92. The third-order valence-corrected chi connectivity index (χ3v) is 9.41. The zero-order valence-corrected chi connectivity index (χ0v) is 16.5. The summed E-state index contributed by atoms with van der Waals surface area (Å²) in [7, 11) is -2.49. The van der Waals surface area contributed by atoms with E-state index in [1.54, 1.807) is 14.1 Å². The lowest BCUT2D eigenvalue weighted by Gasteiger charge is -2.36. The van der Waals surface area contributed by atoms with Gasteiger partial charge in [-0.25, -0.2) is 16.8 Å². The standard InChI is InChI=1S/C15H28N2O5S2/c1-14(5-7-23(19,20)11-14)16(3)9-13(18)10-17(4)15(2)6-8-24(21,22)12-15/h5-12H2,1-4H3/t14-,15+. The summed E-state index contributed by atoms with van der Waals surface area (Å²) >= 11 is 0. The molecule has 24 heavy (non-hydrogen) atoms. The van der Waals surface area contributed by atoms with Gasteiger partial charge in [-0.05, 0) is 40.8 Å². The molecule has 2 fully saturated rings. The summed E-state index contributed by atoms with van der Waals surface area (Å²) in [5, 5.41) is 0. The van der Waals surface area contributed by atoms with Gasteiger partial charge in [0.2, 0.25) is 0 Å². The van der Waals surface area contributed by atoms with E-state index in [2.05, 4.69) is 0 Å². The van der Waals surface area contributed by atoms with E-state index >= 15 is 0 Å². The van der Waals surface area contributed by atoms with E-state index in [1.165, 1.54) is 0 Å². The average molecular weight is 381 g/mol. The van der Waals surface area contributed by atoms with Crippen LogP contribution in [0.3, 0.4) is 0 Å². The van der Waals surface area contributed by atoms with Crippen molar-refractivity contribution in [2.75, 3.05) is 50.2 Å². The Kier molecular flexibility index (Phi) is 5.23. The van der Waals surface area contributed by atoms with Crippen LogP contribution in [-0.4, -0.2) is 93.7 Å². The second kappa shape index (κ2) is 6.34. The maximum atomic E-state index is 12.4. The highest BCUT2D eigenvalue weighted by atomic mass is 32.2. The number of likely N-dealkylation sites (N-methyl/N-ethyl adjacent to an activating group) is 2. The summed E-state index contributed by atoms with van der Waals surface area (Å²) in [4.78, 5) is 16.0. The van der Waals surface area contributed by atoms with Gasteiger partial charge in [-0.2, -0.15) is 0 Å². The van der Waals surface area contributed by atoms with Crippen LogP contribution in [0.15, 0.2) is 0 Å². The first kappa shape index (κ1) is 19.8. The Morgan fingerprint density at radius 2 is 1.17 bits per heavy atom. The Hall–Kier alpha value is -0.510. The molecule has 0 aromatic rings. The van der Waals surface area contributed by atoms with E-state index in [4.69, 9.17) is 0 Å². The van der Waals surface area contributed by atoms with E-state index in [9.17, 15) is 21.6 Å². The predicted molar refractivity (Wildman–Crippen MR) is 93.6 cm³/mol. The lowest BCUT2D eigenvalue weighted by Crippen LogP contribution is -2.51. The van der Waals surface area contributed by atoms with Crippen LogP contribution in [-0.2, 0) is 24.5 Å². The maximum Gasteiger partial charge on any atom is 0.160 e. The second-order valence-electron chi connectivity index (χ2n) is 7.93. The monoisotopic (exact) mass is 380 g/mol. The van der Waals surface area contributed by atoms with E-state index in [0.717, 1.165) is 0 Å². The lowest BCUT2D eigenvalue weighted by atomic mass is 9.98. The number of nitrogens with zero attached hydrogens (tertiary/aromatic N) is 2. The van der Waals surface area contributed by atoms with Crippen LogP contribution in [0.25, 0.3) is 0 Å². The van der Waals surface area contributed by atoms with Gasteiger partial charge in [0.1, 0.15) is 0 Å². The van der Waals surface area contributed by atoms with Gasteiger partial charge in [-0.15, -0.1) is 0 Å². The minimum atomic E-state index is -3.02. The summed E-state index contributed by atoms with van der Waals surface area (Å²) < 4.78 is 46.9. The van der Waals surface area contributed by atoms with Crippen molar-refractivity contribution in [3.05, 3.63) is 0 Å². The van der Waals surface area contributed by atoms with Crippen LogP contribution in [0, 0.1) is 0 Å². The molecule has 0 amide bonds. The first-order valence-corrected chi connectivity index (χ1v) is 11.8. The fourth-order valence-electron chi connectivity index (χ4n) is 3.55. The van der Waals surface area contributed by atoms with E-state index in [1.807, 2.05) is 23.6 Å². The van der Waals surface area contributed by atoms with Gasteiger partial charge in [0, 0.05) is 11.1 Å². The molecule has 0 saturated carbocycles. The number of carbonyl (C=O) groups is 1. The number of hydrogen-bond donors (Lipinski definition) is 0. The molecule has 2 rings (SSSR count). The Morgan fingerprint density at radius 3 is 1.42 bits per heavy atom. The van der Waals surface area contributed by atoms with Crippen molar-refractivity contribution in [2.24, 2.45) is 0 Å². The fourth-order valence-corrected chi connectivity index (χ4v) is 7.96. The molecule has 0 unspecified atom stereocenters. The van der Waals surface area contributed by atoms with E-state index in [0.29, 0.717) is 12.8 Å². The van der Waals surface area contributed by atoms with E-state index in [-0.39, 0.29) is 41.9 Å². The summed E-state index contributed by atoms with van der Waals surface area (Å²) in [5.41, 5.74) is -1.01. The lowest BCUT2D eigenvalue weighted by molar-refractivity contribution is -0.123. The number of rotatable bonds is 6. The molecule has 2 aliphatic rings. The van der Waals surface area contributed by atoms with E-state index < -0.39 is 30.8 Å². The molecule has 0 aliphatic carbocycles. The van der Waals surface area contributed by atoms with Gasteiger partial charge in [-0.3, -0.25) is 14.6 Å². The SMILES string of the molecule is CN(CC(=O)CN(C)[C@]1(C)CCS(=O)(=O)C1)[C@@]1(C)CCS(=O)(=O)C1. The number of hydrogen-bond acceptors (Lipinski definition) is 7. The third-order valence-electron chi connectivity index (χ3n) is 5.64. The zero-order chi connectivity index (χ0) is 18.4. The summed E-state index contributed by atoms with van der Waals surface area (Å²) in [5.74, 6) is 0.456. The number of Topliss-reactive ketones (excluding diaryl/α,β-unsaturated/α-hetero) is 1. The minimum Gasteiger partial charge on any atom is -0.297 e. The quantitative estimate of drug-likeness (QED) is 0.618. The smallest absolute Gasteiger partial charge is 0.160 e. The van der Waals surface area contributed by atoms with Crippen molar-refractivity contribution in [1.82, 2.24) is 9.80 Å². The molecular weight excluding hydrogens is 352 g/mol.